The number of carbonyl (C=O) groups is 2. The van der Waals surface area contributed by atoms with E-state index in [-0.39, 0.29) is 23.3 Å². The smallest absolute Gasteiger partial charge is 0.255 e. The van der Waals surface area contributed by atoms with E-state index in [4.69, 9.17) is 0 Å². The number of rotatable bonds is 6. The molecule has 2 N–H and O–H groups in total. The van der Waals surface area contributed by atoms with E-state index in [0.717, 1.165) is 5.69 Å². The molecule has 0 bridgehead atoms. The molecule has 0 saturated heterocycles. The zero-order chi connectivity index (χ0) is 18.4. The molecule has 0 atom stereocenters. The molecule has 0 aliphatic carbocycles. The van der Waals surface area contributed by atoms with E-state index < -0.39 is 0 Å². The minimum Gasteiger partial charge on any atom is -0.313 e. The Labute approximate surface area is 146 Å². The van der Waals surface area contributed by atoms with E-state index >= 15 is 0 Å². The zero-order valence-corrected chi connectivity index (χ0v) is 14.6. The Morgan fingerprint density at radius 2 is 1.88 bits per heavy atom. The first-order valence-corrected chi connectivity index (χ1v) is 8.09. The summed E-state index contributed by atoms with van der Waals surface area (Å²) in [5.41, 5.74) is 1.69. The van der Waals surface area contributed by atoms with Crippen LogP contribution >= 0.6 is 0 Å². The number of para-hydroxylation sites is 1. The van der Waals surface area contributed by atoms with Gasteiger partial charge in [0.1, 0.15) is 0 Å². The lowest BCUT2D eigenvalue weighted by atomic mass is 10.1. The standard InChI is InChI=1S/C18H22N4O3/c1-12-16(17(25)21-18(19-12)20-13(2)23)10-7-11-22(14(3)24)15-8-5-4-6-9-15/h4-6,8-9H,7,10-11H2,1-3H3,(H2,19,20,21,23,25). The van der Waals surface area contributed by atoms with Gasteiger partial charge in [-0.2, -0.15) is 0 Å². The Balaban J connectivity index is 2.07. The number of hydrogen-bond donors (Lipinski definition) is 2. The van der Waals surface area contributed by atoms with Crippen LogP contribution in [0.5, 0.6) is 0 Å². The second-order valence-corrected chi connectivity index (χ2v) is 5.77. The van der Waals surface area contributed by atoms with Crippen molar-refractivity contribution in [2.24, 2.45) is 0 Å². The number of hydrogen-bond acceptors (Lipinski definition) is 4. The van der Waals surface area contributed by atoms with Crippen LogP contribution < -0.4 is 15.8 Å². The highest BCUT2D eigenvalue weighted by Crippen LogP contribution is 2.15. The summed E-state index contributed by atoms with van der Waals surface area (Å²) in [5.74, 6) is -0.195. The predicted molar refractivity (Wildman–Crippen MR) is 96.7 cm³/mol. The first kappa shape index (κ1) is 18.4. The Hall–Kier alpha value is -2.96. The number of amides is 2. The normalized spacial score (nSPS) is 10.4. The van der Waals surface area contributed by atoms with Gasteiger partial charge in [-0.25, -0.2) is 4.98 Å². The maximum Gasteiger partial charge on any atom is 0.255 e. The lowest BCUT2D eigenvalue weighted by Gasteiger charge is -2.21. The van der Waals surface area contributed by atoms with Crippen LogP contribution in [0.2, 0.25) is 0 Å². The van der Waals surface area contributed by atoms with Crippen molar-refractivity contribution in [1.82, 2.24) is 9.97 Å². The quantitative estimate of drug-likeness (QED) is 0.839. The van der Waals surface area contributed by atoms with Crippen molar-refractivity contribution in [2.45, 2.75) is 33.6 Å². The third-order valence-electron chi connectivity index (χ3n) is 3.77. The van der Waals surface area contributed by atoms with Crippen molar-refractivity contribution in [3.05, 3.63) is 51.9 Å². The van der Waals surface area contributed by atoms with E-state index in [1.807, 2.05) is 30.3 Å². The van der Waals surface area contributed by atoms with Gasteiger partial charge >= 0.3 is 0 Å². The highest BCUT2D eigenvalue weighted by Gasteiger charge is 2.13. The fourth-order valence-electron chi connectivity index (χ4n) is 2.62. The maximum absolute atomic E-state index is 12.2. The molecule has 1 heterocycles. The Bertz CT molecular complexity index is 815. The molecule has 0 saturated carbocycles. The van der Waals surface area contributed by atoms with Gasteiger partial charge in [0.2, 0.25) is 17.8 Å². The van der Waals surface area contributed by atoms with Crippen LogP contribution in [-0.2, 0) is 16.0 Å². The van der Waals surface area contributed by atoms with Gasteiger partial charge in [-0.05, 0) is 31.9 Å². The Kier molecular flexibility index (Phi) is 6.05. The van der Waals surface area contributed by atoms with Gasteiger partial charge in [0.15, 0.2) is 0 Å². The number of benzene rings is 1. The summed E-state index contributed by atoms with van der Waals surface area (Å²) in [6, 6.07) is 9.41. The minimum absolute atomic E-state index is 0.0454. The number of nitrogens with one attached hydrogen (secondary N) is 2. The predicted octanol–water partition coefficient (Wildman–Crippen LogP) is 2.02. The van der Waals surface area contributed by atoms with Gasteiger partial charge in [-0.3, -0.25) is 24.7 Å². The number of aryl methyl sites for hydroxylation is 1. The summed E-state index contributed by atoms with van der Waals surface area (Å²) < 4.78 is 0. The van der Waals surface area contributed by atoms with Gasteiger partial charge in [-0.1, -0.05) is 18.2 Å². The molecule has 7 heteroatoms. The molecule has 0 aliphatic rings. The molecule has 0 unspecified atom stereocenters. The molecule has 25 heavy (non-hydrogen) atoms. The summed E-state index contributed by atoms with van der Waals surface area (Å²) >= 11 is 0. The van der Waals surface area contributed by atoms with Gasteiger partial charge < -0.3 is 4.90 Å². The van der Waals surface area contributed by atoms with Crippen LogP contribution in [0.4, 0.5) is 11.6 Å². The number of aromatic nitrogens is 2. The van der Waals surface area contributed by atoms with Crippen LogP contribution in [0.3, 0.4) is 0 Å². The number of anilines is 2. The summed E-state index contributed by atoms with van der Waals surface area (Å²) in [6.07, 6.45) is 1.12. The molecule has 132 valence electrons. The average Bonchev–Trinajstić information content (AvgIpc) is 2.53. The van der Waals surface area contributed by atoms with E-state index in [1.165, 1.54) is 13.8 Å². The SMILES string of the molecule is CC(=O)Nc1nc(C)c(CCCN(C(C)=O)c2ccccc2)c(=O)[nH]1. The second kappa shape index (κ2) is 8.23. The van der Waals surface area contributed by atoms with Gasteiger partial charge in [0, 0.05) is 37.3 Å². The Morgan fingerprint density at radius 1 is 1.20 bits per heavy atom. The van der Waals surface area contributed by atoms with Crippen molar-refractivity contribution >= 4 is 23.5 Å². The topological polar surface area (TPSA) is 95.2 Å². The summed E-state index contributed by atoms with van der Waals surface area (Å²) in [6.45, 7) is 5.11. The third-order valence-corrected chi connectivity index (χ3v) is 3.77. The maximum atomic E-state index is 12.2. The van der Waals surface area contributed by atoms with E-state index in [1.54, 1.807) is 11.8 Å². The highest BCUT2D eigenvalue weighted by molar-refractivity contribution is 5.91. The molecule has 2 amide bonds. The van der Waals surface area contributed by atoms with Crippen LogP contribution in [-0.4, -0.2) is 28.3 Å². The van der Waals surface area contributed by atoms with Crippen LogP contribution in [0.1, 0.15) is 31.5 Å². The van der Waals surface area contributed by atoms with Crippen LogP contribution in [0.25, 0.3) is 0 Å². The van der Waals surface area contributed by atoms with Crippen molar-refractivity contribution in [3.8, 4) is 0 Å². The average molecular weight is 342 g/mol. The number of H-pyrrole nitrogens is 1. The molecule has 0 aliphatic heterocycles. The zero-order valence-electron chi connectivity index (χ0n) is 14.6. The molecule has 0 spiro atoms. The molecular formula is C18H22N4O3. The molecule has 1 aromatic heterocycles. The number of aromatic amines is 1. The van der Waals surface area contributed by atoms with Crippen LogP contribution in [0.15, 0.2) is 35.1 Å². The van der Waals surface area contributed by atoms with Crippen molar-refractivity contribution < 1.29 is 9.59 Å². The number of nitrogens with zero attached hydrogens (tertiary/aromatic N) is 2. The highest BCUT2D eigenvalue weighted by atomic mass is 16.2. The van der Waals surface area contributed by atoms with E-state index in [2.05, 4.69) is 15.3 Å². The summed E-state index contributed by atoms with van der Waals surface area (Å²) in [4.78, 5) is 43.6. The first-order valence-electron chi connectivity index (χ1n) is 8.09. The van der Waals surface area contributed by atoms with E-state index in [0.29, 0.717) is 30.6 Å². The lowest BCUT2D eigenvalue weighted by molar-refractivity contribution is -0.116. The van der Waals surface area contributed by atoms with Gasteiger partial charge in [-0.15, -0.1) is 0 Å². The molecule has 2 rings (SSSR count). The third kappa shape index (κ3) is 5.00. The van der Waals surface area contributed by atoms with Crippen molar-refractivity contribution in [2.75, 3.05) is 16.8 Å². The van der Waals surface area contributed by atoms with Crippen LogP contribution in [0, 0.1) is 6.92 Å². The summed E-state index contributed by atoms with van der Waals surface area (Å²) in [5, 5.41) is 2.47. The molecule has 0 fully saturated rings. The Morgan fingerprint density at radius 3 is 2.44 bits per heavy atom. The van der Waals surface area contributed by atoms with E-state index in [9.17, 15) is 14.4 Å². The minimum atomic E-state index is -0.296. The van der Waals surface area contributed by atoms with Crippen molar-refractivity contribution in [1.29, 1.82) is 0 Å². The van der Waals surface area contributed by atoms with Crippen molar-refractivity contribution in [3.63, 3.8) is 0 Å². The largest absolute Gasteiger partial charge is 0.313 e. The first-order chi connectivity index (χ1) is 11.9. The van der Waals surface area contributed by atoms with Gasteiger partial charge in [0.25, 0.3) is 5.56 Å². The molecule has 0 radical (unpaired) electrons. The fraction of sp³-hybridized carbons (Fsp3) is 0.333. The molecule has 1 aromatic carbocycles. The fourth-order valence-corrected chi connectivity index (χ4v) is 2.62. The van der Waals surface area contributed by atoms with Gasteiger partial charge in [0.05, 0.1) is 0 Å². The molecule has 2 aromatic rings. The monoisotopic (exact) mass is 342 g/mol. The second-order valence-electron chi connectivity index (χ2n) is 5.77. The number of carbonyl (C=O) groups excluding carboxylic acids is 2. The lowest BCUT2D eigenvalue weighted by Crippen LogP contribution is -2.30. The summed E-state index contributed by atoms with van der Waals surface area (Å²) in [7, 11) is 0. The molecular weight excluding hydrogens is 320 g/mol. The molecule has 7 nitrogen and oxygen atoms in total.